The fourth-order valence-electron chi connectivity index (χ4n) is 2.99. The number of aliphatic hydroxyl groups excluding tert-OH is 1. The number of hydrogen-bond donors (Lipinski definition) is 2. The van der Waals surface area contributed by atoms with Crippen LogP contribution in [-0.4, -0.2) is 60.5 Å². The van der Waals surface area contributed by atoms with Crippen LogP contribution < -0.4 is 4.74 Å². The quantitative estimate of drug-likeness (QED) is 0.821. The van der Waals surface area contributed by atoms with Gasteiger partial charge in [-0.3, -0.25) is 0 Å². The molecule has 1 aliphatic heterocycles. The van der Waals surface area contributed by atoms with Gasteiger partial charge in [0.1, 0.15) is 18.5 Å². The number of aliphatic hydroxyl groups is 1. The number of likely N-dealkylation sites (N-methyl/N-ethyl adjacent to an activating group) is 1. The number of fused-ring (bicyclic) bond motifs is 1. The maximum absolute atomic E-state index is 10.2. The van der Waals surface area contributed by atoms with Crippen LogP contribution in [0.15, 0.2) is 30.5 Å². The third kappa shape index (κ3) is 3.80. The molecule has 1 aliphatic rings. The van der Waals surface area contributed by atoms with Crippen molar-refractivity contribution in [2.45, 2.75) is 25.0 Å². The van der Waals surface area contributed by atoms with Gasteiger partial charge in [0.25, 0.3) is 0 Å². The van der Waals surface area contributed by atoms with E-state index >= 15 is 0 Å². The Morgan fingerprint density at radius 2 is 2.36 bits per heavy atom. The van der Waals surface area contributed by atoms with Crippen molar-refractivity contribution in [2.24, 2.45) is 0 Å². The number of H-pyrrole nitrogens is 1. The topological polar surface area (TPSA) is 57.7 Å². The van der Waals surface area contributed by atoms with E-state index in [4.69, 9.17) is 9.47 Å². The second-order valence-electron chi connectivity index (χ2n) is 6.02. The maximum atomic E-state index is 10.2. The third-order valence-electron chi connectivity index (χ3n) is 4.05. The molecule has 0 saturated carbocycles. The van der Waals surface area contributed by atoms with Crippen LogP contribution in [0.5, 0.6) is 5.75 Å². The molecule has 22 heavy (non-hydrogen) atoms. The molecule has 2 N–H and O–H groups in total. The lowest BCUT2D eigenvalue weighted by Crippen LogP contribution is -2.37. The van der Waals surface area contributed by atoms with Crippen LogP contribution in [0.2, 0.25) is 0 Å². The molecule has 0 aliphatic carbocycles. The molecule has 1 saturated heterocycles. The lowest BCUT2D eigenvalue weighted by atomic mass is 10.2. The van der Waals surface area contributed by atoms with Crippen LogP contribution in [0, 0.1) is 0 Å². The highest BCUT2D eigenvalue weighted by molar-refractivity contribution is 5.85. The first-order valence-corrected chi connectivity index (χ1v) is 7.89. The van der Waals surface area contributed by atoms with E-state index in [0.717, 1.165) is 42.6 Å². The van der Waals surface area contributed by atoms with E-state index in [1.807, 2.05) is 37.5 Å². The zero-order chi connectivity index (χ0) is 15.4. The Balaban J connectivity index is 1.47. The first-order valence-electron chi connectivity index (χ1n) is 7.89. The number of ether oxygens (including phenoxy) is 2. The number of nitrogens with one attached hydrogen (secondary N) is 1. The summed E-state index contributed by atoms with van der Waals surface area (Å²) >= 11 is 0. The predicted octanol–water partition coefficient (Wildman–Crippen LogP) is 2.02. The van der Waals surface area contributed by atoms with Crippen molar-refractivity contribution in [1.29, 1.82) is 0 Å². The molecule has 3 rings (SSSR count). The van der Waals surface area contributed by atoms with Crippen molar-refractivity contribution in [3.8, 4) is 5.75 Å². The molecule has 1 fully saturated rings. The van der Waals surface area contributed by atoms with Crippen molar-refractivity contribution in [2.75, 3.05) is 33.4 Å². The number of nitrogens with zero attached hydrogens (tertiary/aromatic N) is 1. The Kier molecular flexibility index (Phi) is 4.97. The van der Waals surface area contributed by atoms with Gasteiger partial charge in [0.2, 0.25) is 0 Å². The Hall–Kier alpha value is -1.56. The highest BCUT2D eigenvalue weighted by Gasteiger charge is 2.19. The van der Waals surface area contributed by atoms with Crippen molar-refractivity contribution in [1.82, 2.24) is 9.88 Å². The zero-order valence-electron chi connectivity index (χ0n) is 13.0. The Morgan fingerprint density at radius 1 is 1.45 bits per heavy atom. The molecule has 5 heteroatoms. The van der Waals surface area contributed by atoms with Gasteiger partial charge in [-0.05, 0) is 38.1 Å². The van der Waals surface area contributed by atoms with Gasteiger partial charge in [-0.15, -0.1) is 0 Å². The van der Waals surface area contributed by atoms with E-state index in [9.17, 15) is 5.11 Å². The van der Waals surface area contributed by atoms with E-state index in [0.29, 0.717) is 19.3 Å². The van der Waals surface area contributed by atoms with Gasteiger partial charge in [0.15, 0.2) is 0 Å². The highest BCUT2D eigenvalue weighted by atomic mass is 16.5. The molecule has 0 bridgehead atoms. The van der Waals surface area contributed by atoms with Gasteiger partial charge in [-0.1, -0.05) is 6.07 Å². The van der Waals surface area contributed by atoms with Gasteiger partial charge in [0.05, 0.1) is 6.10 Å². The van der Waals surface area contributed by atoms with Crippen molar-refractivity contribution >= 4 is 10.9 Å². The first kappa shape index (κ1) is 15.3. The molecule has 1 aromatic carbocycles. The number of aromatic amines is 1. The minimum absolute atomic E-state index is 0.292. The van der Waals surface area contributed by atoms with Gasteiger partial charge in [0, 0.05) is 36.8 Å². The normalized spacial score (nSPS) is 19.9. The zero-order valence-corrected chi connectivity index (χ0v) is 13.0. The van der Waals surface area contributed by atoms with Crippen molar-refractivity contribution in [3.63, 3.8) is 0 Å². The molecule has 2 atom stereocenters. The summed E-state index contributed by atoms with van der Waals surface area (Å²) < 4.78 is 11.4. The molecule has 0 radical (unpaired) electrons. The molecule has 1 aromatic heterocycles. The molecule has 2 heterocycles. The van der Waals surface area contributed by atoms with Crippen LogP contribution in [-0.2, 0) is 4.74 Å². The van der Waals surface area contributed by atoms with E-state index in [2.05, 4.69) is 9.88 Å². The van der Waals surface area contributed by atoms with Gasteiger partial charge < -0.3 is 24.5 Å². The summed E-state index contributed by atoms with van der Waals surface area (Å²) in [5, 5.41) is 11.2. The van der Waals surface area contributed by atoms with E-state index in [1.54, 1.807) is 0 Å². The summed E-state index contributed by atoms with van der Waals surface area (Å²) in [6.07, 6.45) is 3.95. The fourth-order valence-corrected chi connectivity index (χ4v) is 2.99. The second-order valence-corrected chi connectivity index (χ2v) is 6.02. The lowest BCUT2D eigenvalue weighted by molar-refractivity contribution is 0.0446. The minimum Gasteiger partial charge on any atom is -0.490 e. The summed E-state index contributed by atoms with van der Waals surface area (Å²) in [5.41, 5.74) is 1.04. The molecule has 0 spiro atoms. The fraction of sp³-hybridized carbons (Fsp3) is 0.529. The summed E-state index contributed by atoms with van der Waals surface area (Å²) in [7, 11) is 2.01. The van der Waals surface area contributed by atoms with Crippen molar-refractivity contribution < 1.29 is 14.6 Å². The molecule has 120 valence electrons. The van der Waals surface area contributed by atoms with E-state index in [-0.39, 0.29) is 0 Å². The predicted molar refractivity (Wildman–Crippen MR) is 86.3 cm³/mol. The monoisotopic (exact) mass is 304 g/mol. The number of hydrogen-bond acceptors (Lipinski definition) is 4. The molecule has 2 aromatic rings. The van der Waals surface area contributed by atoms with Crippen LogP contribution in [0.25, 0.3) is 10.9 Å². The smallest absolute Gasteiger partial charge is 0.128 e. The number of benzene rings is 1. The van der Waals surface area contributed by atoms with Crippen LogP contribution in [0.3, 0.4) is 0 Å². The average Bonchev–Trinajstić information content (AvgIpc) is 3.15. The van der Waals surface area contributed by atoms with E-state index in [1.165, 1.54) is 0 Å². The molecule has 2 unspecified atom stereocenters. The van der Waals surface area contributed by atoms with Crippen LogP contribution in [0.1, 0.15) is 12.8 Å². The first-order chi connectivity index (χ1) is 10.7. The summed E-state index contributed by atoms with van der Waals surface area (Å²) in [5.74, 6) is 0.805. The molecular weight excluding hydrogens is 280 g/mol. The molecule has 0 amide bonds. The molecule has 5 nitrogen and oxygen atoms in total. The third-order valence-corrected chi connectivity index (χ3v) is 4.05. The minimum atomic E-state index is -0.513. The van der Waals surface area contributed by atoms with E-state index < -0.39 is 6.10 Å². The Morgan fingerprint density at radius 3 is 3.18 bits per heavy atom. The Labute approximate surface area is 130 Å². The lowest BCUT2D eigenvalue weighted by Gasteiger charge is -2.23. The van der Waals surface area contributed by atoms with Crippen molar-refractivity contribution in [3.05, 3.63) is 30.5 Å². The standard InChI is InChI=1S/C17H24N2O3/c1-19(11-14-4-3-9-21-14)10-13(20)12-22-17-6-2-5-16-15(17)7-8-18-16/h2,5-8,13-14,18,20H,3-4,9-12H2,1H3. The van der Waals surface area contributed by atoms with Gasteiger partial charge >= 0.3 is 0 Å². The van der Waals surface area contributed by atoms with Crippen LogP contribution in [0.4, 0.5) is 0 Å². The summed E-state index contributed by atoms with van der Waals surface area (Å²) in [6, 6.07) is 7.87. The Bertz CT molecular complexity index is 592. The second kappa shape index (κ2) is 7.13. The average molecular weight is 304 g/mol. The largest absolute Gasteiger partial charge is 0.490 e. The molecular formula is C17H24N2O3. The van der Waals surface area contributed by atoms with Gasteiger partial charge in [-0.25, -0.2) is 0 Å². The summed E-state index contributed by atoms with van der Waals surface area (Å²) in [4.78, 5) is 5.27. The number of rotatable bonds is 7. The highest BCUT2D eigenvalue weighted by Crippen LogP contribution is 2.24. The van der Waals surface area contributed by atoms with Gasteiger partial charge in [-0.2, -0.15) is 0 Å². The summed E-state index contributed by atoms with van der Waals surface area (Å²) in [6.45, 7) is 2.61. The number of aromatic nitrogens is 1. The maximum Gasteiger partial charge on any atom is 0.128 e. The van der Waals surface area contributed by atoms with Crippen LogP contribution >= 0.6 is 0 Å². The SMILES string of the molecule is CN(CC(O)COc1cccc2[nH]ccc12)CC1CCCO1.